The highest BCUT2D eigenvalue weighted by Crippen LogP contribution is 2.38. The topological polar surface area (TPSA) is 111 Å². The number of carbonyl (C=O) groups is 2. The first-order valence-corrected chi connectivity index (χ1v) is 26.7. The second-order valence-electron chi connectivity index (χ2n) is 18.6. The maximum absolute atomic E-state index is 12.7. The summed E-state index contributed by atoms with van der Waals surface area (Å²) in [5, 5.41) is 0. The van der Waals surface area contributed by atoms with Gasteiger partial charge in [0.2, 0.25) is 0 Å². The summed E-state index contributed by atoms with van der Waals surface area (Å²) >= 11 is 0. The Kier molecular flexibility index (Phi) is 41.6. The molecule has 0 aliphatic carbocycles. The number of ether oxygens (including phenoxy) is 2. The van der Waals surface area contributed by atoms with Gasteiger partial charge in [0.1, 0.15) is 19.8 Å². The van der Waals surface area contributed by atoms with Gasteiger partial charge >= 0.3 is 11.9 Å². The lowest BCUT2D eigenvalue weighted by Gasteiger charge is -2.28. The third kappa shape index (κ3) is 46.3. The van der Waals surface area contributed by atoms with E-state index >= 15 is 0 Å². The number of carbonyl (C=O) groups excluding carboxylic acids is 2. The molecule has 0 radical (unpaired) electrons. The average molecular weight is 860 g/mol. The molecular formula is C49H98NO8P. The van der Waals surface area contributed by atoms with Gasteiger partial charge in [-0.05, 0) is 12.8 Å². The fraction of sp³-hybridized carbons (Fsp3) is 0.959. The number of esters is 2. The molecule has 9 nitrogen and oxygen atoms in total. The van der Waals surface area contributed by atoms with Crippen LogP contribution in [0.15, 0.2) is 0 Å². The van der Waals surface area contributed by atoms with Crippen LogP contribution in [0.2, 0.25) is 0 Å². The monoisotopic (exact) mass is 860 g/mol. The first kappa shape index (κ1) is 58.0. The largest absolute Gasteiger partial charge is 0.756 e. The number of phosphoric ester groups is 1. The summed E-state index contributed by atoms with van der Waals surface area (Å²) in [6.07, 6.45) is 44.2. The summed E-state index contributed by atoms with van der Waals surface area (Å²) in [7, 11) is 1.19. The molecule has 352 valence electrons. The molecule has 2 unspecified atom stereocenters. The van der Waals surface area contributed by atoms with Crippen LogP contribution in [-0.4, -0.2) is 70.0 Å². The van der Waals surface area contributed by atoms with Crippen LogP contribution in [0.4, 0.5) is 0 Å². The maximum Gasteiger partial charge on any atom is 0.306 e. The van der Waals surface area contributed by atoms with Crippen molar-refractivity contribution in [2.75, 3.05) is 47.5 Å². The highest BCUT2D eigenvalue weighted by atomic mass is 31.2. The number of quaternary nitrogens is 1. The van der Waals surface area contributed by atoms with Crippen molar-refractivity contribution in [3.63, 3.8) is 0 Å². The van der Waals surface area contributed by atoms with Crippen LogP contribution in [0, 0.1) is 0 Å². The van der Waals surface area contributed by atoms with E-state index in [0.717, 1.165) is 32.1 Å². The van der Waals surface area contributed by atoms with Gasteiger partial charge in [-0.2, -0.15) is 0 Å². The van der Waals surface area contributed by atoms with Crippen LogP contribution in [0.3, 0.4) is 0 Å². The van der Waals surface area contributed by atoms with E-state index in [4.69, 9.17) is 18.5 Å². The lowest BCUT2D eigenvalue weighted by atomic mass is 10.0. The standard InChI is InChI=1S/C49H98NO8P/c1-6-8-10-12-14-16-18-20-22-23-24-25-26-27-28-30-31-33-35-37-39-41-48(51)55-45-47(46-57-59(53,54)56-44-43-50(3,4)5)58-49(52)42-40-38-36-34-32-29-21-19-17-15-13-11-9-7-2/h47H,6-46H2,1-5H3. The first-order valence-electron chi connectivity index (χ1n) is 25.2. The van der Waals surface area contributed by atoms with Gasteiger partial charge in [0.15, 0.2) is 6.10 Å². The first-order chi connectivity index (χ1) is 28.5. The lowest BCUT2D eigenvalue weighted by molar-refractivity contribution is -0.870. The number of hydrogen-bond acceptors (Lipinski definition) is 8. The Hall–Kier alpha value is -0.990. The van der Waals surface area contributed by atoms with Gasteiger partial charge < -0.3 is 27.9 Å². The van der Waals surface area contributed by atoms with Gasteiger partial charge in [-0.15, -0.1) is 0 Å². The Labute approximate surface area is 365 Å². The van der Waals surface area contributed by atoms with Crippen LogP contribution in [0.5, 0.6) is 0 Å². The summed E-state index contributed by atoms with van der Waals surface area (Å²) in [4.78, 5) is 37.6. The van der Waals surface area contributed by atoms with E-state index < -0.39 is 26.5 Å². The molecule has 0 saturated carbocycles. The average Bonchev–Trinajstić information content (AvgIpc) is 3.19. The molecule has 0 aromatic carbocycles. The second-order valence-corrected chi connectivity index (χ2v) is 20.0. The number of hydrogen-bond donors (Lipinski definition) is 0. The van der Waals surface area contributed by atoms with E-state index in [1.807, 2.05) is 21.1 Å². The molecular weight excluding hydrogens is 762 g/mol. The number of unbranched alkanes of at least 4 members (excludes halogenated alkanes) is 33. The number of phosphoric acid groups is 1. The van der Waals surface area contributed by atoms with Crippen LogP contribution < -0.4 is 4.89 Å². The minimum absolute atomic E-state index is 0.0254. The molecule has 0 aromatic rings. The number of nitrogens with zero attached hydrogens (tertiary/aromatic N) is 1. The quantitative estimate of drug-likeness (QED) is 0.0257. The fourth-order valence-corrected chi connectivity index (χ4v) is 8.15. The minimum Gasteiger partial charge on any atom is -0.756 e. The van der Waals surface area contributed by atoms with Crippen LogP contribution in [0.25, 0.3) is 0 Å². The Morgan fingerprint density at radius 2 is 0.763 bits per heavy atom. The van der Waals surface area contributed by atoms with Crippen molar-refractivity contribution in [3.8, 4) is 0 Å². The molecule has 0 bridgehead atoms. The summed E-state index contributed by atoms with van der Waals surface area (Å²) in [5.41, 5.74) is 0. The fourth-order valence-electron chi connectivity index (χ4n) is 7.42. The Morgan fingerprint density at radius 1 is 0.458 bits per heavy atom. The minimum atomic E-state index is -4.62. The molecule has 0 amide bonds. The van der Waals surface area contributed by atoms with Crippen LogP contribution >= 0.6 is 7.82 Å². The Balaban J connectivity index is 4.17. The SMILES string of the molecule is CCCCCCCCCCCCCCCCCCCCCCCC(=O)OCC(COP(=O)([O-])OCC[N+](C)(C)C)OC(=O)CCCCCCCCCCCCCCCC. The van der Waals surface area contributed by atoms with Gasteiger partial charge in [-0.3, -0.25) is 14.2 Å². The van der Waals surface area contributed by atoms with Crippen LogP contribution in [-0.2, 0) is 32.7 Å². The zero-order chi connectivity index (χ0) is 43.6. The molecule has 0 rings (SSSR count). The van der Waals surface area contributed by atoms with E-state index in [0.29, 0.717) is 17.4 Å². The zero-order valence-electron chi connectivity index (χ0n) is 39.7. The molecule has 0 aromatic heterocycles. The molecule has 0 heterocycles. The molecule has 10 heteroatoms. The van der Waals surface area contributed by atoms with E-state index in [9.17, 15) is 19.0 Å². The number of rotatable bonds is 47. The van der Waals surface area contributed by atoms with Gasteiger partial charge in [0, 0.05) is 12.8 Å². The summed E-state index contributed by atoms with van der Waals surface area (Å²) in [6.45, 7) is 4.28. The molecule has 2 atom stereocenters. The van der Waals surface area contributed by atoms with Crippen molar-refractivity contribution in [2.45, 2.75) is 258 Å². The summed E-state index contributed by atoms with van der Waals surface area (Å²) in [5.74, 6) is -0.815. The van der Waals surface area contributed by atoms with E-state index in [1.54, 1.807) is 0 Å². The third-order valence-electron chi connectivity index (χ3n) is 11.4. The molecule has 0 aliphatic rings. The van der Waals surface area contributed by atoms with E-state index in [1.165, 1.54) is 186 Å². The zero-order valence-corrected chi connectivity index (χ0v) is 40.6. The van der Waals surface area contributed by atoms with Crippen molar-refractivity contribution in [3.05, 3.63) is 0 Å². The molecule has 0 N–H and O–H groups in total. The van der Waals surface area contributed by atoms with Crippen molar-refractivity contribution < 1.29 is 42.1 Å². The third-order valence-corrected chi connectivity index (χ3v) is 12.3. The van der Waals surface area contributed by atoms with Gasteiger partial charge in [0.05, 0.1) is 27.7 Å². The highest BCUT2D eigenvalue weighted by Gasteiger charge is 2.21. The molecule has 0 aliphatic heterocycles. The smallest absolute Gasteiger partial charge is 0.306 e. The van der Waals surface area contributed by atoms with Gasteiger partial charge in [-0.1, -0.05) is 226 Å². The molecule has 0 fully saturated rings. The molecule has 0 saturated heterocycles. The normalized spacial score (nSPS) is 13.4. The predicted molar refractivity (Wildman–Crippen MR) is 245 cm³/mol. The number of likely N-dealkylation sites (N-methyl/N-ethyl adjacent to an activating group) is 1. The van der Waals surface area contributed by atoms with E-state index in [-0.39, 0.29) is 32.0 Å². The molecule has 59 heavy (non-hydrogen) atoms. The predicted octanol–water partition coefficient (Wildman–Crippen LogP) is 14.1. The highest BCUT2D eigenvalue weighted by molar-refractivity contribution is 7.45. The molecule has 0 spiro atoms. The second kappa shape index (κ2) is 42.3. The van der Waals surface area contributed by atoms with Crippen molar-refractivity contribution >= 4 is 19.8 Å². The summed E-state index contributed by atoms with van der Waals surface area (Å²) < 4.78 is 34.0. The van der Waals surface area contributed by atoms with Crippen molar-refractivity contribution in [2.24, 2.45) is 0 Å². The summed E-state index contributed by atoms with van der Waals surface area (Å²) in [6, 6.07) is 0. The van der Waals surface area contributed by atoms with E-state index in [2.05, 4.69) is 13.8 Å². The Bertz CT molecular complexity index is 974. The van der Waals surface area contributed by atoms with Gasteiger partial charge in [0.25, 0.3) is 7.82 Å². The van der Waals surface area contributed by atoms with Gasteiger partial charge in [-0.25, -0.2) is 0 Å². The van der Waals surface area contributed by atoms with Crippen molar-refractivity contribution in [1.82, 2.24) is 0 Å². The Morgan fingerprint density at radius 3 is 1.08 bits per heavy atom. The van der Waals surface area contributed by atoms with Crippen LogP contribution in [0.1, 0.15) is 251 Å². The maximum atomic E-state index is 12.7. The lowest BCUT2D eigenvalue weighted by Crippen LogP contribution is -2.37. The van der Waals surface area contributed by atoms with Crippen molar-refractivity contribution in [1.29, 1.82) is 0 Å².